The molecule has 0 saturated heterocycles. The third-order valence-corrected chi connectivity index (χ3v) is 3.70. The van der Waals surface area contributed by atoms with Crippen LogP contribution in [-0.2, 0) is 4.79 Å². The van der Waals surface area contributed by atoms with Gasteiger partial charge in [-0.1, -0.05) is 28.1 Å². The Balaban J connectivity index is 2.17. The fourth-order valence-corrected chi connectivity index (χ4v) is 2.06. The van der Waals surface area contributed by atoms with E-state index in [-0.39, 0.29) is 11.7 Å². The monoisotopic (exact) mass is 282 g/mol. The molecule has 1 aromatic carbocycles. The normalized spacial score (nSPS) is 27.5. The van der Waals surface area contributed by atoms with Crippen LogP contribution in [0.25, 0.3) is 0 Å². The maximum atomic E-state index is 12.0. The molecule has 0 aromatic heterocycles. The lowest BCUT2D eigenvalue weighted by Gasteiger charge is -2.04. The largest absolute Gasteiger partial charge is 0.481 e. The van der Waals surface area contributed by atoms with E-state index in [9.17, 15) is 9.59 Å². The van der Waals surface area contributed by atoms with E-state index in [0.717, 1.165) is 4.47 Å². The molecule has 0 heterocycles. The Morgan fingerprint density at radius 1 is 1.38 bits per heavy atom. The lowest BCUT2D eigenvalue weighted by molar-refractivity contribution is -0.143. The van der Waals surface area contributed by atoms with Gasteiger partial charge in [-0.3, -0.25) is 9.59 Å². The standard InChI is InChI=1S/C12H11BrO3/c1-12(11(15)16)6-9(12)10(14)7-2-4-8(13)5-3-7/h2-5,9H,6H2,1H3,(H,15,16). The van der Waals surface area contributed by atoms with Crippen LogP contribution in [0.3, 0.4) is 0 Å². The first-order chi connectivity index (χ1) is 7.45. The lowest BCUT2D eigenvalue weighted by Crippen LogP contribution is -2.17. The van der Waals surface area contributed by atoms with Crippen LogP contribution < -0.4 is 0 Å². The number of carbonyl (C=O) groups excluding carboxylic acids is 1. The van der Waals surface area contributed by atoms with Crippen LogP contribution in [0.4, 0.5) is 0 Å². The molecule has 1 aliphatic carbocycles. The van der Waals surface area contributed by atoms with Crippen molar-refractivity contribution >= 4 is 27.7 Å². The number of carboxylic acids is 1. The number of aliphatic carboxylic acids is 1. The van der Waals surface area contributed by atoms with Gasteiger partial charge in [0.05, 0.1) is 5.41 Å². The number of carbonyl (C=O) groups is 2. The minimum Gasteiger partial charge on any atom is -0.481 e. The summed E-state index contributed by atoms with van der Waals surface area (Å²) in [5, 5.41) is 8.96. The van der Waals surface area contributed by atoms with Crippen LogP contribution in [0.5, 0.6) is 0 Å². The van der Waals surface area contributed by atoms with Crippen LogP contribution in [0.1, 0.15) is 23.7 Å². The fourth-order valence-electron chi connectivity index (χ4n) is 1.80. The average Bonchev–Trinajstić information content (AvgIpc) is 2.93. The summed E-state index contributed by atoms with van der Waals surface area (Å²) in [6, 6.07) is 7.00. The second-order valence-corrected chi connectivity index (χ2v) is 5.27. The van der Waals surface area contributed by atoms with Crippen LogP contribution in [-0.4, -0.2) is 16.9 Å². The Labute approximate surface area is 102 Å². The summed E-state index contributed by atoms with van der Waals surface area (Å²) in [7, 11) is 0. The Hall–Kier alpha value is -1.16. The van der Waals surface area contributed by atoms with Crippen molar-refractivity contribution in [1.29, 1.82) is 0 Å². The quantitative estimate of drug-likeness (QED) is 0.868. The molecule has 1 N–H and O–H groups in total. The molecule has 2 unspecified atom stereocenters. The van der Waals surface area contributed by atoms with Gasteiger partial charge in [0.2, 0.25) is 0 Å². The zero-order valence-corrected chi connectivity index (χ0v) is 10.3. The fraction of sp³-hybridized carbons (Fsp3) is 0.333. The number of Topliss-reactive ketones (excluding diaryl/α,β-unsaturated/α-hetero) is 1. The van der Waals surface area contributed by atoms with Crippen LogP contribution in [0, 0.1) is 11.3 Å². The van der Waals surface area contributed by atoms with Crippen molar-refractivity contribution in [2.24, 2.45) is 11.3 Å². The first-order valence-electron chi connectivity index (χ1n) is 4.98. The minimum absolute atomic E-state index is 0.0719. The first kappa shape index (κ1) is 11.3. The summed E-state index contributed by atoms with van der Waals surface area (Å²) < 4.78 is 0.904. The number of hydrogen-bond donors (Lipinski definition) is 1. The van der Waals surface area contributed by atoms with Crippen molar-refractivity contribution < 1.29 is 14.7 Å². The molecule has 2 atom stereocenters. The van der Waals surface area contributed by atoms with Gasteiger partial charge in [0.15, 0.2) is 5.78 Å². The molecule has 0 aliphatic heterocycles. The van der Waals surface area contributed by atoms with Gasteiger partial charge >= 0.3 is 5.97 Å². The molecule has 1 aromatic rings. The zero-order chi connectivity index (χ0) is 11.9. The van der Waals surface area contributed by atoms with Crippen molar-refractivity contribution in [2.45, 2.75) is 13.3 Å². The summed E-state index contributed by atoms with van der Waals surface area (Å²) >= 11 is 3.29. The first-order valence-corrected chi connectivity index (χ1v) is 5.77. The van der Waals surface area contributed by atoms with Gasteiger partial charge in [-0.25, -0.2) is 0 Å². The number of rotatable bonds is 3. The second-order valence-electron chi connectivity index (χ2n) is 4.35. The van der Waals surface area contributed by atoms with E-state index in [1.54, 1.807) is 31.2 Å². The zero-order valence-electron chi connectivity index (χ0n) is 8.74. The number of ketones is 1. The highest BCUT2D eigenvalue weighted by Gasteiger charge is 2.60. The van der Waals surface area contributed by atoms with Crippen LogP contribution in [0.2, 0.25) is 0 Å². The smallest absolute Gasteiger partial charge is 0.310 e. The van der Waals surface area contributed by atoms with E-state index in [2.05, 4.69) is 15.9 Å². The molecule has 84 valence electrons. The Bertz CT molecular complexity index is 452. The number of carboxylic acid groups (broad SMARTS) is 1. The molecule has 16 heavy (non-hydrogen) atoms. The van der Waals surface area contributed by atoms with E-state index < -0.39 is 11.4 Å². The minimum atomic E-state index is -0.886. The van der Waals surface area contributed by atoms with E-state index >= 15 is 0 Å². The Morgan fingerprint density at radius 3 is 2.38 bits per heavy atom. The average molecular weight is 283 g/mol. The molecule has 1 saturated carbocycles. The molecule has 0 spiro atoms. The molecule has 2 rings (SSSR count). The molecular weight excluding hydrogens is 272 g/mol. The van der Waals surface area contributed by atoms with Gasteiger partial charge in [-0.2, -0.15) is 0 Å². The topological polar surface area (TPSA) is 54.4 Å². The SMILES string of the molecule is CC1(C(=O)O)CC1C(=O)c1ccc(Br)cc1. The highest BCUT2D eigenvalue weighted by Crippen LogP contribution is 2.53. The maximum Gasteiger partial charge on any atom is 0.310 e. The number of hydrogen-bond acceptors (Lipinski definition) is 2. The number of halogens is 1. The predicted octanol–water partition coefficient (Wildman–Crippen LogP) is 2.74. The van der Waals surface area contributed by atoms with Crippen molar-refractivity contribution in [3.05, 3.63) is 34.3 Å². The summed E-state index contributed by atoms with van der Waals surface area (Å²) in [6.07, 6.45) is 0.442. The van der Waals surface area contributed by atoms with Gasteiger partial charge in [0.1, 0.15) is 0 Å². The van der Waals surface area contributed by atoms with Crippen molar-refractivity contribution in [2.75, 3.05) is 0 Å². The second kappa shape index (κ2) is 3.70. The lowest BCUT2D eigenvalue weighted by atomic mass is 10.00. The van der Waals surface area contributed by atoms with E-state index in [1.807, 2.05) is 0 Å². The maximum absolute atomic E-state index is 12.0. The molecule has 0 radical (unpaired) electrons. The van der Waals surface area contributed by atoms with Gasteiger partial charge < -0.3 is 5.11 Å². The predicted molar refractivity (Wildman–Crippen MR) is 62.3 cm³/mol. The molecule has 3 nitrogen and oxygen atoms in total. The third-order valence-electron chi connectivity index (χ3n) is 3.17. The molecule has 0 amide bonds. The number of benzene rings is 1. The molecule has 1 aliphatic rings. The van der Waals surface area contributed by atoms with Crippen molar-refractivity contribution in [1.82, 2.24) is 0 Å². The molecule has 0 bridgehead atoms. The Morgan fingerprint density at radius 2 is 1.94 bits per heavy atom. The molecule has 1 fully saturated rings. The van der Waals surface area contributed by atoms with E-state index in [4.69, 9.17) is 5.11 Å². The van der Waals surface area contributed by atoms with Gasteiger partial charge in [-0.05, 0) is 25.5 Å². The molecular formula is C12H11BrO3. The van der Waals surface area contributed by atoms with Gasteiger partial charge in [0, 0.05) is 16.0 Å². The van der Waals surface area contributed by atoms with E-state index in [1.165, 1.54) is 0 Å². The van der Waals surface area contributed by atoms with Crippen LogP contribution in [0.15, 0.2) is 28.7 Å². The highest BCUT2D eigenvalue weighted by molar-refractivity contribution is 9.10. The van der Waals surface area contributed by atoms with Gasteiger partial charge in [-0.15, -0.1) is 0 Å². The Kier molecular flexibility index (Phi) is 2.62. The van der Waals surface area contributed by atoms with Crippen molar-refractivity contribution in [3.8, 4) is 0 Å². The summed E-state index contributed by atoms with van der Waals surface area (Å²) in [5.74, 6) is -1.33. The molecule has 4 heteroatoms. The summed E-state index contributed by atoms with van der Waals surface area (Å²) in [6.45, 7) is 1.62. The summed E-state index contributed by atoms with van der Waals surface area (Å²) in [4.78, 5) is 22.9. The third kappa shape index (κ3) is 1.78. The highest BCUT2D eigenvalue weighted by atomic mass is 79.9. The summed E-state index contributed by atoms with van der Waals surface area (Å²) in [5.41, 5.74) is -0.275. The van der Waals surface area contributed by atoms with Crippen LogP contribution >= 0.6 is 15.9 Å². The van der Waals surface area contributed by atoms with E-state index in [0.29, 0.717) is 12.0 Å². The van der Waals surface area contributed by atoms with Crippen molar-refractivity contribution in [3.63, 3.8) is 0 Å². The van der Waals surface area contributed by atoms with Gasteiger partial charge in [0.25, 0.3) is 0 Å².